The Balaban J connectivity index is 1.44. The summed E-state index contributed by atoms with van der Waals surface area (Å²) in [5.74, 6) is 0.410. The second kappa shape index (κ2) is 8.79. The highest BCUT2D eigenvalue weighted by Crippen LogP contribution is 2.35. The molecule has 3 aliphatic rings. The molecule has 2 atom stereocenters. The maximum Gasteiger partial charge on any atom is 0.317 e. The standard InChI is InChI=1S/C22H33N5O3/c1-24(2)22(30)23-11-20(28)26-12-16-10-18(15-26)19-7-6-17(21(29)27(19)13-16)14-25-8-4-3-5-9-25/h6-7,16,18H,3-5,8-15H2,1-2H3,(H,23,30)/t16-,18+/m0/s1. The van der Waals surface area contributed by atoms with E-state index < -0.39 is 0 Å². The van der Waals surface area contributed by atoms with Gasteiger partial charge in [-0.3, -0.25) is 14.5 Å². The average molecular weight is 416 g/mol. The number of urea groups is 1. The van der Waals surface area contributed by atoms with Crippen molar-refractivity contribution in [3.05, 3.63) is 33.7 Å². The van der Waals surface area contributed by atoms with Gasteiger partial charge in [0.05, 0.1) is 6.54 Å². The Hall–Kier alpha value is -2.35. The van der Waals surface area contributed by atoms with Gasteiger partial charge in [-0.1, -0.05) is 12.5 Å². The van der Waals surface area contributed by atoms with Crippen molar-refractivity contribution < 1.29 is 9.59 Å². The number of nitrogens with one attached hydrogen (secondary N) is 1. The lowest BCUT2D eigenvalue weighted by molar-refractivity contribution is -0.132. The van der Waals surface area contributed by atoms with Crippen molar-refractivity contribution in [3.8, 4) is 0 Å². The van der Waals surface area contributed by atoms with Crippen molar-refractivity contribution in [2.45, 2.75) is 44.7 Å². The topological polar surface area (TPSA) is 77.9 Å². The number of fused-ring (bicyclic) bond motifs is 4. The number of carbonyl (C=O) groups excluding carboxylic acids is 2. The first-order valence-corrected chi connectivity index (χ1v) is 11.1. The molecule has 1 aromatic rings. The van der Waals surface area contributed by atoms with Crippen molar-refractivity contribution in [3.63, 3.8) is 0 Å². The molecule has 4 heterocycles. The van der Waals surface area contributed by atoms with E-state index in [0.717, 1.165) is 37.3 Å². The van der Waals surface area contributed by atoms with Gasteiger partial charge in [0.25, 0.3) is 5.56 Å². The minimum absolute atomic E-state index is 0.0119. The number of hydrogen-bond donors (Lipinski definition) is 1. The summed E-state index contributed by atoms with van der Waals surface area (Å²) in [7, 11) is 3.30. The number of rotatable bonds is 4. The Morgan fingerprint density at radius 1 is 1.10 bits per heavy atom. The van der Waals surface area contributed by atoms with Gasteiger partial charge in [0.1, 0.15) is 0 Å². The Labute approximate surface area is 177 Å². The zero-order valence-electron chi connectivity index (χ0n) is 18.1. The molecule has 2 fully saturated rings. The number of piperidine rings is 2. The van der Waals surface area contributed by atoms with E-state index >= 15 is 0 Å². The Morgan fingerprint density at radius 3 is 2.60 bits per heavy atom. The lowest BCUT2D eigenvalue weighted by Gasteiger charge is -2.43. The Morgan fingerprint density at radius 2 is 1.87 bits per heavy atom. The fourth-order valence-electron chi connectivity index (χ4n) is 5.09. The van der Waals surface area contributed by atoms with Crippen LogP contribution in [0.25, 0.3) is 0 Å². The first-order valence-electron chi connectivity index (χ1n) is 11.1. The number of carbonyl (C=O) groups is 2. The molecule has 0 spiro atoms. The first kappa shape index (κ1) is 20.9. The van der Waals surface area contributed by atoms with E-state index in [1.54, 1.807) is 14.1 Å². The zero-order chi connectivity index (χ0) is 21.3. The molecule has 2 bridgehead atoms. The van der Waals surface area contributed by atoms with Crippen molar-refractivity contribution >= 4 is 11.9 Å². The van der Waals surface area contributed by atoms with E-state index in [2.05, 4.69) is 16.3 Å². The van der Waals surface area contributed by atoms with Crippen LogP contribution in [0.1, 0.15) is 42.9 Å². The van der Waals surface area contributed by atoms with Gasteiger partial charge < -0.3 is 19.7 Å². The van der Waals surface area contributed by atoms with E-state index in [1.807, 2.05) is 15.5 Å². The fraction of sp³-hybridized carbons (Fsp3) is 0.682. The van der Waals surface area contributed by atoms with Crippen molar-refractivity contribution in [2.24, 2.45) is 5.92 Å². The first-order chi connectivity index (χ1) is 14.4. The molecule has 8 nitrogen and oxygen atoms in total. The molecule has 4 rings (SSSR count). The van der Waals surface area contributed by atoms with Crippen molar-refractivity contribution in [1.82, 2.24) is 24.6 Å². The van der Waals surface area contributed by atoms with E-state index in [4.69, 9.17) is 0 Å². The highest BCUT2D eigenvalue weighted by molar-refractivity contribution is 5.84. The number of amides is 3. The highest BCUT2D eigenvalue weighted by Gasteiger charge is 2.36. The molecule has 30 heavy (non-hydrogen) atoms. The molecule has 0 aromatic carbocycles. The molecule has 1 aromatic heterocycles. The van der Waals surface area contributed by atoms with E-state index in [0.29, 0.717) is 19.6 Å². The number of pyridine rings is 1. The summed E-state index contributed by atoms with van der Waals surface area (Å²) in [6.07, 6.45) is 4.74. The molecule has 164 valence electrons. The van der Waals surface area contributed by atoms with Crippen LogP contribution in [0.15, 0.2) is 16.9 Å². The molecule has 3 amide bonds. The van der Waals surface area contributed by atoms with Gasteiger partial charge in [0, 0.05) is 57.4 Å². The van der Waals surface area contributed by atoms with Crippen molar-refractivity contribution in [1.29, 1.82) is 0 Å². The van der Waals surface area contributed by atoms with Crippen LogP contribution in [0.2, 0.25) is 0 Å². The zero-order valence-corrected chi connectivity index (χ0v) is 18.1. The van der Waals surface area contributed by atoms with E-state index in [-0.39, 0.29) is 35.9 Å². The summed E-state index contributed by atoms with van der Waals surface area (Å²) in [4.78, 5) is 43.2. The lowest BCUT2D eigenvalue weighted by Crippen LogP contribution is -2.52. The van der Waals surface area contributed by atoms with Crippen LogP contribution in [-0.4, -0.2) is 78.0 Å². The summed E-state index contributed by atoms with van der Waals surface area (Å²) >= 11 is 0. The van der Waals surface area contributed by atoms with Gasteiger partial charge in [-0.05, 0) is 44.3 Å². The summed E-state index contributed by atoms with van der Waals surface area (Å²) < 4.78 is 1.97. The fourth-order valence-corrected chi connectivity index (χ4v) is 5.09. The monoisotopic (exact) mass is 415 g/mol. The maximum atomic E-state index is 13.2. The van der Waals surface area contributed by atoms with Gasteiger partial charge >= 0.3 is 6.03 Å². The molecule has 0 unspecified atom stereocenters. The number of likely N-dealkylation sites (tertiary alicyclic amines) is 2. The van der Waals surface area contributed by atoms with Gasteiger partial charge in [-0.25, -0.2) is 4.79 Å². The third-order valence-electron chi connectivity index (χ3n) is 6.68. The molecular formula is C22H33N5O3. The third kappa shape index (κ3) is 4.38. The van der Waals surface area contributed by atoms with Gasteiger partial charge in [-0.15, -0.1) is 0 Å². The van der Waals surface area contributed by atoms with Crippen LogP contribution in [0.3, 0.4) is 0 Å². The number of nitrogens with zero attached hydrogens (tertiary/aromatic N) is 4. The predicted molar refractivity (Wildman–Crippen MR) is 114 cm³/mol. The average Bonchev–Trinajstić information content (AvgIpc) is 2.74. The molecule has 8 heteroatoms. The largest absolute Gasteiger partial charge is 0.340 e. The number of hydrogen-bond acceptors (Lipinski definition) is 4. The van der Waals surface area contributed by atoms with Crippen LogP contribution in [0.5, 0.6) is 0 Å². The Kier molecular flexibility index (Phi) is 6.13. The second-order valence-corrected chi connectivity index (χ2v) is 9.19. The van der Waals surface area contributed by atoms with Crippen molar-refractivity contribution in [2.75, 3.05) is 46.8 Å². The van der Waals surface area contributed by atoms with E-state index in [1.165, 1.54) is 24.2 Å². The molecule has 0 radical (unpaired) electrons. The number of aromatic nitrogens is 1. The van der Waals surface area contributed by atoms with Gasteiger partial charge in [-0.2, -0.15) is 0 Å². The lowest BCUT2D eigenvalue weighted by atomic mass is 9.83. The molecule has 1 N–H and O–H groups in total. The van der Waals surface area contributed by atoms with Gasteiger partial charge in [0.2, 0.25) is 5.91 Å². The summed E-state index contributed by atoms with van der Waals surface area (Å²) in [6.45, 7) is 4.84. The molecular weight excluding hydrogens is 382 g/mol. The SMILES string of the molecule is CN(C)C(=O)NCC(=O)N1C[C@@H]2C[C@H](C1)c1ccc(CN3CCCCC3)c(=O)n1C2. The van der Waals surface area contributed by atoms with Crippen LogP contribution < -0.4 is 10.9 Å². The van der Waals surface area contributed by atoms with Crippen LogP contribution in [0.4, 0.5) is 4.79 Å². The van der Waals surface area contributed by atoms with E-state index in [9.17, 15) is 14.4 Å². The predicted octanol–water partition coefficient (Wildman–Crippen LogP) is 1.05. The summed E-state index contributed by atoms with van der Waals surface area (Å²) in [6, 6.07) is 3.84. The van der Waals surface area contributed by atoms with Crippen LogP contribution in [-0.2, 0) is 17.9 Å². The van der Waals surface area contributed by atoms with Crippen LogP contribution in [0, 0.1) is 5.92 Å². The van der Waals surface area contributed by atoms with Gasteiger partial charge in [0.15, 0.2) is 0 Å². The summed E-state index contributed by atoms with van der Waals surface area (Å²) in [5.41, 5.74) is 2.08. The highest BCUT2D eigenvalue weighted by atomic mass is 16.2. The molecule has 0 saturated carbocycles. The van der Waals surface area contributed by atoms with Crippen LogP contribution >= 0.6 is 0 Å². The molecule has 3 aliphatic heterocycles. The second-order valence-electron chi connectivity index (χ2n) is 9.19. The minimum Gasteiger partial charge on any atom is -0.340 e. The minimum atomic E-state index is -0.265. The molecule has 2 saturated heterocycles. The quantitative estimate of drug-likeness (QED) is 0.798. The maximum absolute atomic E-state index is 13.2. The smallest absolute Gasteiger partial charge is 0.317 e. The Bertz CT molecular complexity index is 859. The normalized spacial score (nSPS) is 23.6. The summed E-state index contributed by atoms with van der Waals surface area (Å²) in [5, 5.41) is 2.66. The molecule has 0 aliphatic carbocycles. The third-order valence-corrected chi connectivity index (χ3v) is 6.68.